The maximum Gasteiger partial charge on any atom is 0.191 e. The molecule has 1 aromatic heterocycles. The minimum Gasteiger partial charge on any atom is -0.381 e. The van der Waals surface area contributed by atoms with Gasteiger partial charge in [-0.2, -0.15) is 0 Å². The number of nitrogens with zero attached hydrogens (tertiary/aromatic N) is 3. The van der Waals surface area contributed by atoms with Crippen molar-refractivity contribution in [2.24, 2.45) is 4.99 Å². The van der Waals surface area contributed by atoms with Crippen molar-refractivity contribution in [3.8, 4) is 0 Å². The fourth-order valence-electron chi connectivity index (χ4n) is 2.04. The summed E-state index contributed by atoms with van der Waals surface area (Å²) < 4.78 is 5.57. The van der Waals surface area contributed by atoms with Crippen LogP contribution in [0.3, 0.4) is 0 Å². The number of unbranched alkanes of at least 4 members (excludes halogenated alkanes) is 1. The molecule has 136 valence electrons. The molecule has 0 aliphatic carbocycles. The van der Waals surface area contributed by atoms with Crippen LogP contribution in [0.1, 0.15) is 38.8 Å². The van der Waals surface area contributed by atoms with Gasteiger partial charge in [0.25, 0.3) is 0 Å². The number of anilines is 1. The number of hydrogen-bond donors (Lipinski definition) is 2. The first-order valence-corrected chi connectivity index (χ1v) is 8.90. The molecule has 2 N–H and O–H groups in total. The largest absolute Gasteiger partial charge is 0.381 e. The highest BCUT2D eigenvalue weighted by Gasteiger charge is 2.01. The average Bonchev–Trinajstić information content (AvgIpc) is 2.59. The first-order valence-electron chi connectivity index (χ1n) is 8.90. The van der Waals surface area contributed by atoms with Gasteiger partial charge >= 0.3 is 0 Å². The Bertz CT molecular complexity index is 476. The van der Waals surface area contributed by atoms with Crippen LogP contribution < -0.4 is 15.5 Å². The second-order valence-electron chi connectivity index (χ2n) is 5.82. The number of guanidine groups is 1. The second kappa shape index (κ2) is 12.6. The Morgan fingerprint density at radius 1 is 1.17 bits per heavy atom. The highest BCUT2D eigenvalue weighted by Crippen LogP contribution is 2.08. The maximum atomic E-state index is 5.57. The summed E-state index contributed by atoms with van der Waals surface area (Å²) >= 11 is 0. The summed E-state index contributed by atoms with van der Waals surface area (Å²) in [6.07, 6.45) is 3.29. The summed E-state index contributed by atoms with van der Waals surface area (Å²) in [6.45, 7) is 8.14. The van der Waals surface area contributed by atoms with Crippen LogP contribution in [0.5, 0.6) is 0 Å². The zero-order valence-corrected chi connectivity index (χ0v) is 15.6. The van der Waals surface area contributed by atoms with Gasteiger partial charge in [0, 0.05) is 40.4 Å². The van der Waals surface area contributed by atoms with Crippen molar-refractivity contribution in [3.63, 3.8) is 0 Å². The Morgan fingerprint density at radius 3 is 2.67 bits per heavy atom. The lowest BCUT2D eigenvalue weighted by atomic mass is 10.3. The Balaban J connectivity index is 2.40. The topological polar surface area (TPSA) is 61.8 Å². The standard InChI is InChI=1S/C18H33N5O/c1-5-7-13-24-14-9-12-20-18(19-6-2)21-15-16-10-8-11-17(22-16)23(3)4/h8,10-11H,5-7,9,12-15H2,1-4H3,(H2,19,20,21). The SMILES string of the molecule is CCCCOCCCNC(=NCc1cccc(N(C)C)n1)NCC. The highest BCUT2D eigenvalue weighted by atomic mass is 16.5. The average molecular weight is 335 g/mol. The van der Waals surface area contributed by atoms with Crippen molar-refractivity contribution in [2.75, 3.05) is 45.3 Å². The third-order valence-electron chi connectivity index (χ3n) is 3.39. The van der Waals surface area contributed by atoms with Gasteiger partial charge in [-0.1, -0.05) is 19.4 Å². The van der Waals surface area contributed by atoms with Crippen LogP contribution in [-0.2, 0) is 11.3 Å². The second-order valence-corrected chi connectivity index (χ2v) is 5.82. The number of aromatic nitrogens is 1. The molecule has 6 nitrogen and oxygen atoms in total. The predicted octanol–water partition coefficient (Wildman–Crippen LogP) is 2.41. The number of hydrogen-bond acceptors (Lipinski definition) is 4. The molecule has 0 atom stereocenters. The van der Waals surface area contributed by atoms with Crippen molar-refractivity contribution < 1.29 is 4.74 Å². The predicted molar refractivity (Wildman–Crippen MR) is 102 cm³/mol. The molecule has 1 rings (SSSR count). The third kappa shape index (κ3) is 8.72. The van der Waals surface area contributed by atoms with Gasteiger partial charge in [0.1, 0.15) is 5.82 Å². The molecule has 0 aliphatic heterocycles. The maximum absolute atomic E-state index is 5.57. The summed E-state index contributed by atoms with van der Waals surface area (Å²) in [7, 11) is 3.98. The van der Waals surface area contributed by atoms with Crippen LogP contribution in [0.2, 0.25) is 0 Å². The summed E-state index contributed by atoms with van der Waals surface area (Å²) in [5.41, 5.74) is 0.960. The first-order chi connectivity index (χ1) is 11.7. The molecule has 0 aliphatic rings. The van der Waals surface area contributed by atoms with E-state index in [0.29, 0.717) is 6.54 Å². The van der Waals surface area contributed by atoms with Crippen LogP contribution >= 0.6 is 0 Å². The minimum atomic E-state index is 0.560. The summed E-state index contributed by atoms with van der Waals surface area (Å²) in [6, 6.07) is 6.01. The van der Waals surface area contributed by atoms with E-state index in [1.165, 1.54) is 6.42 Å². The number of ether oxygens (including phenoxy) is 1. The fourth-order valence-corrected chi connectivity index (χ4v) is 2.04. The molecule has 1 aromatic rings. The van der Waals surface area contributed by atoms with Gasteiger partial charge in [-0.15, -0.1) is 0 Å². The fraction of sp³-hybridized carbons (Fsp3) is 0.667. The van der Waals surface area contributed by atoms with Gasteiger partial charge in [0.2, 0.25) is 0 Å². The first kappa shape index (κ1) is 20.2. The molecule has 0 amide bonds. The zero-order valence-electron chi connectivity index (χ0n) is 15.6. The molecule has 0 saturated heterocycles. The molecule has 0 aromatic carbocycles. The van der Waals surface area contributed by atoms with Gasteiger partial charge < -0.3 is 20.3 Å². The molecule has 0 radical (unpaired) electrons. The lowest BCUT2D eigenvalue weighted by Gasteiger charge is -2.13. The van der Waals surface area contributed by atoms with E-state index in [2.05, 4.69) is 34.5 Å². The number of rotatable bonds is 11. The van der Waals surface area contributed by atoms with E-state index < -0.39 is 0 Å². The molecular formula is C18H33N5O. The number of nitrogens with one attached hydrogen (secondary N) is 2. The van der Waals surface area contributed by atoms with Crippen LogP contribution in [-0.4, -0.2) is 51.3 Å². The monoisotopic (exact) mass is 335 g/mol. The van der Waals surface area contributed by atoms with Gasteiger partial charge in [0.05, 0.1) is 12.2 Å². The molecule has 6 heteroatoms. The Kier molecular flexibility index (Phi) is 10.6. The van der Waals surface area contributed by atoms with E-state index in [0.717, 1.165) is 56.6 Å². The minimum absolute atomic E-state index is 0.560. The van der Waals surface area contributed by atoms with E-state index in [-0.39, 0.29) is 0 Å². The number of aliphatic imine (C=N–C) groups is 1. The summed E-state index contributed by atoms with van der Waals surface area (Å²) in [5, 5.41) is 6.60. The van der Waals surface area contributed by atoms with Crippen LogP contribution in [0.25, 0.3) is 0 Å². The Morgan fingerprint density at radius 2 is 1.96 bits per heavy atom. The zero-order chi connectivity index (χ0) is 17.6. The van der Waals surface area contributed by atoms with Crippen molar-refractivity contribution >= 4 is 11.8 Å². The Hall–Kier alpha value is -1.82. The van der Waals surface area contributed by atoms with Crippen molar-refractivity contribution in [1.82, 2.24) is 15.6 Å². The molecule has 0 spiro atoms. The number of pyridine rings is 1. The molecule has 0 fully saturated rings. The molecular weight excluding hydrogens is 302 g/mol. The van der Waals surface area contributed by atoms with Gasteiger partial charge in [-0.25, -0.2) is 9.98 Å². The molecule has 0 unspecified atom stereocenters. The van der Waals surface area contributed by atoms with Gasteiger partial charge in [0.15, 0.2) is 5.96 Å². The van der Waals surface area contributed by atoms with Crippen LogP contribution in [0.4, 0.5) is 5.82 Å². The van der Waals surface area contributed by atoms with Crippen molar-refractivity contribution in [1.29, 1.82) is 0 Å². The molecule has 0 bridgehead atoms. The van der Waals surface area contributed by atoms with Gasteiger partial charge in [-0.3, -0.25) is 0 Å². The smallest absolute Gasteiger partial charge is 0.191 e. The van der Waals surface area contributed by atoms with E-state index >= 15 is 0 Å². The molecule has 24 heavy (non-hydrogen) atoms. The normalized spacial score (nSPS) is 11.4. The van der Waals surface area contributed by atoms with E-state index in [1.807, 2.05) is 37.2 Å². The lowest BCUT2D eigenvalue weighted by Crippen LogP contribution is -2.38. The van der Waals surface area contributed by atoms with Crippen molar-refractivity contribution in [2.45, 2.75) is 39.7 Å². The van der Waals surface area contributed by atoms with E-state index in [1.54, 1.807) is 0 Å². The quantitative estimate of drug-likeness (QED) is 0.369. The van der Waals surface area contributed by atoms with E-state index in [9.17, 15) is 0 Å². The summed E-state index contributed by atoms with van der Waals surface area (Å²) in [4.78, 5) is 11.2. The van der Waals surface area contributed by atoms with Crippen LogP contribution in [0, 0.1) is 0 Å². The summed E-state index contributed by atoms with van der Waals surface area (Å²) in [5.74, 6) is 1.77. The lowest BCUT2D eigenvalue weighted by molar-refractivity contribution is 0.129. The van der Waals surface area contributed by atoms with Crippen molar-refractivity contribution in [3.05, 3.63) is 23.9 Å². The highest BCUT2D eigenvalue weighted by molar-refractivity contribution is 5.79. The van der Waals surface area contributed by atoms with E-state index in [4.69, 9.17) is 4.74 Å². The third-order valence-corrected chi connectivity index (χ3v) is 3.39. The van der Waals surface area contributed by atoms with Gasteiger partial charge in [-0.05, 0) is 31.9 Å². The Labute approximate surface area is 146 Å². The van der Waals surface area contributed by atoms with Crippen LogP contribution in [0.15, 0.2) is 23.2 Å². The molecule has 1 heterocycles. The molecule has 0 saturated carbocycles.